The number of hydrogen-bond donors (Lipinski definition) is 1. The van der Waals surface area contributed by atoms with Crippen LogP contribution in [0.25, 0.3) is 0 Å². The Bertz CT molecular complexity index is 415. The molecular weight excluding hydrogens is 273 g/mol. The highest BCUT2D eigenvalue weighted by molar-refractivity contribution is 7.97. The fraction of sp³-hybridized carbons (Fsp3) is 0.538. The number of rotatable bonds is 3. The molecule has 1 aliphatic rings. The maximum Gasteiger partial charge on any atom is 0.391 e. The van der Waals surface area contributed by atoms with Gasteiger partial charge in [-0.05, 0) is 36.4 Å². The number of piperidine rings is 1. The predicted octanol–water partition coefficient (Wildman–Crippen LogP) is 3.43. The summed E-state index contributed by atoms with van der Waals surface area (Å²) in [4.78, 5) is 1.04. The quantitative estimate of drug-likeness (QED) is 0.865. The van der Waals surface area contributed by atoms with Crippen LogP contribution < -0.4 is 5.73 Å². The van der Waals surface area contributed by atoms with Crippen LogP contribution in [-0.2, 0) is 6.54 Å². The second kappa shape index (κ2) is 6.15. The maximum absolute atomic E-state index is 12.6. The fourth-order valence-corrected chi connectivity index (χ4v) is 3.25. The van der Waals surface area contributed by atoms with Gasteiger partial charge in [0.2, 0.25) is 0 Å². The van der Waals surface area contributed by atoms with Crippen LogP contribution >= 0.6 is 11.9 Å². The van der Waals surface area contributed by atoms with E-state index in [2.05, 4.69) is 0 Å². The summed E-state index contributed by atoms with van der Waals surface area (Å²) in [6, 6.07) is 7.75. The van der Waals surface area contributed by atoms with E-state index in [9.17, 15) is 13.2 Å². The van der Waals surface area contributed by atoms with Gasteiger partial charge in [0.05, 0.1) is 5.92 Å². The molecule has 1 saturated heterocycles. The lowest BCUT2D eigenvalue weighted by atomic mass is 9.98. The summed E-state index contributed by atoms with van der Waals surface area (Å²) in [5.74, 6) is -1.14. The molecule has 106 valence electrons. The maximum atomic E-state index is 12.6. The predicted molar refractivity (Wildman–Crippen MR) is 70.5 cm³/mol. The Morgan fingerprint density at radius 1 is 1.21 bits per heavy atom. The smallest absolute Gasteiger partial charge is 0.326 e. The summed E-state index contributed by atoms with van der Waals surface area (Å²) >= 11 is 1.51. The second-order valence-electron chi connectivity index (χ2n) is 4.65. The first-order valence-corrected chi connectivity index (χ1v) is 7.05. The topological polar surface area (TPSA) is 29.3 Å². The van der Waals surface area contributed by atoms with Crippen molar-refractivity contribution in [2.24, 2.45) is 11.7 Å². The average Bonchev–Trinajstić information content (AvgIpc) is 2.39. The van der Waals surface area contributed by atoms with Crippen molar-refractivity contribution < 1.29 is 13.2 Å². The normalized spacial score (nSPS) is 18.7. The summed E-state index contributed by atoms with van der Waals surface area (Å²) in [7, 11) is 0. The van der Waals surface area contributed by atoms with Crippen LogP contribution in [0, 0.1) is 5.92 Å². The summed E-state index contributed by atoms with van der Waals surface area (Å²) in [5.41, 5.74) is 6.69. The highest BCUT2D eigenvalue weighted by Gasteiger charge is 2.41. The van der Waals surface area contributed by atoms with Gasteiger partial charge < -0.3 is 5.73 Å². The van der Waals surface area contributed by atoms with Crippen LogP contribution in [0.4, 0.5) is 13.2 Å². The second-order valence-corrected chi connectivity index (χ2v) is 5.79. The van der Waals surface area contributed by atoms with Gasteiger partial charge in [0, 0.05) is 24.5 Å². The van der Waals surface area contributed by atoms with Crippen molar-refractivity contribution in [1.29, 1.82) is 0 Å². The van der Waals surface area contributed by atoms with Crippen molar-refractivity contribution in [2.75, 3.05) is 13.1 Å². The molecule has 6 heteroatoms. The zero-order valence-electron chi connectivity index (χ0n) is 10.5. The number of nitrogens with two attached hydrogens (primary N) is 1. The lowest BCUT2D eigenvalue weighted by Gasteiger charge is -2.32. The van der Waals surface area contributed by atoms with Crippen molar-refractivity contribution in [3.8, 4) is 0 Å². The van der Waals surface area contributed by atoms with Crippen LogP contribution in [0.3, 0.4) is 0 Å². The Morgan fingerprint density at radius 3 is 2.42 bits per heavy atom. The van der Waals surface area contributed by atoms with E-state index in [0.717, 1.165) is 10.5 Å². The van der Waals surface area contributed by atoms with E-state index in [1.807, 2.05) is 28.6 Å². The lowest BCUT2D eigenvalue weighted by molar-refractivity contribution is -0.182. The van der Waals surface area contributed by atoms with Crippen LogP contribution in [0.5, 0.6) is 0 Å². The van der Waals surface area contributed by atoms with Gasteiger partial charge in [-0.3, -0.25) is 0 Å². The largest absolute Gasteiger partial charge is 0.391 e. The Kier molecular flexibility index (Phi) is 4.76. The highest BCUT2D eigenvalue weighted by atomic mass is 32.2. The molecule has 0 atom stereocenters. The average molecular weight is 290 g/mol. The van der Waals surface area contributed by atoms with Crippen molar-refractivity contribution in [2.45, 2.75) is 30.5 Å². The molecule has 0 bridgehead atoms. The molecule has 0 radical (unpaired) electrons. The van der Waals surface area contributed by atoms with Crippen LogP contribution in [0.15, 0.2) is 29.2 Å². The summed E-state index contributed by atoms with van der Waals surface area (Å²) < 4.78 is 39.7. The van der Waals surface area contributed by atoms with E-state index in [-0.39, 0.29) is 12.8 Å². The molecule has 1 aromatic carbocycles. The van der Waals surface area contributed by atoms with E-state index in [1.165, 1.54) is 11.9 Å². The van der Waals surface area contributed by atoms with Gasteiger partial charge in [-0.2, -0.15) is 13.2 Å². The Labute approximate surface area is 115 Å². The Balaban J connectivity index is 1.92. The van der Waals surface area contributed by atoms with E-state index < -0.39 is 12.1 Å². The zero-order chi connectivity index (χ0) is 13.9. The third kappa shape index (κ3) is 3.87. The van der Waals surface area contributed by atoms with Gasteiger partial charge >= 0.3 is 6.18 Å². The first kappa shape index (κ1) is 14.7. The van der Waals surface area contributed by atoms with Crippen LogP contribution in [0.2, 0.25) is 0 Å². The molecule has 1 fully saturated rings. The Morgan fingerprint density at radius 2 is 1.84 bits per heavy atom. The van der Waals surface area contributed by atoms with Crippen LogP contribution in [-0.4, -0.2) is 23.6 Å². The number of benzene rings is 1. The van der Waals surface area contributed by atoms with Crippen LogP contribution in [0.1, 0.15) is 18.4 Å². The van der Waals surface area contributed by atoms with E-state index in [0.29, 0.717) is 19.6 Å². The third-order valence-corrected chi connectivity index (χ3v) is 4.56. The molecule has 2 nitrogen and oxygen atoms in total. The molecule has 1 aromatic rings. The number of nitrogens with zero attached hydrogens (tertiary/aromatic N) is 1. The summed E-state index contributed by atoms with van der Waals surface area (Å²) in [6.07, 6.45) is -3.69. The zero-order valence-corrected chi connectivity index (χ0v) is 11.3. The minimum atomic E-state index is -4.05. The monoisotopic (exact) mass is 290 g/mol. The summed E-state index contributed by atoms with van der Waals surface area (Å²) in [6.45, 7) is 1.38. The fourth-order valence-electron chi connectivity index (χ4n) is 2.18. The molecule has 1 heterocycles. The molecule has 2 N–H and O–H groups in total. The molecule has 19 heavy (non-hydrogen) atoms. The molecular formula is C13H17F3N2S. The lowest BCUT2D eigenvalue weighted by Crippen LogP contribution is -2.35. The van der Waals surface area contributed by atoms with Gasteiger partial charge in [0.15, 0.2) is 0 Å². The number of hydrogen-bond acceptors (Lipinski definition) is 3. The number of halogens is 3. The van der Waals surface area contributed by atoms with Gasteiger partial charge in [-0.15, -0.1) is 0 Å². The van der Waals surface area contributed by atoms with Crippen molar-refractivity contribution >= 4 is 11.9 Å². The van der Waals surface area contributed by atoms with Gasteiger partial charge in [0.25, 0.3) is 0 Å². The third-order valence-electron chi connectivity index (χ3n) is 3.34. The highest BCUT2D eigenvalue weighted by Crippen LogP contribution is 2.37. The summed E-state index contributed by atoms with van der Waals surface area (Å²) in [5, 5.41) is 0. The Hall–Kier alpha value is -0.720. The molecule has 0 aliphatic carbocycles. The van der Waals surface area contributed by atoms with E-state index >= 15 is 0 Å². The van der Waals surface area contributed by atoms with Crippen molar-refractivity contribution in [3.05, 3.63) is 29.8 Å². The molecule has 0 spiro atoms. The first-order valence-electron chi connectivity index (χ1n) is 6.28. The van der Waals surface area contributed by atoms with Crippen molar-refractivity contribution in [1.82, 2.24) is 4.31 Å². The minimum Gasteiger partial charge on any atom is -0.326 e. The van der Waals surface area contributed by atoms with Crippen molar-refractivity contribution in [3.63, 3.8) is 0 Å². The molecule has 1 aliphatic heterocycles. The van der Waals surface area contributed by atoms with Gasteiger partial charge in [-0.1, -0.05) is 18.2 Å². The molecule has 0 aromatic heterocycles. The van der Waals surface area contributed by atoms with E-state index in [1.54, 1.807) is 0 Å². The molecule has 0 amide bonds. The molecule has 0 unspecified atom stereocenters. The first-order chi connectivity index (χ1) is 9.00. The minimum absolute atomic E-state index is 0.182. The van der Waals surface area contributed by atoms with Gasteiger partial charge in [0.1, 0.15) is 0 Å². The molecule has 0 saturated carbocycles. The SMILES string of the molecule is NCc1ccccc1SN1CCC(C(F)(F)F)CC1. The molecule has 2 rings (SSSR count). The van der Waals surface area contributed by atoms with Gasteiger partial charge in [-0.25, -0.2) is 4.31 Å². The standard InChI is InChI=1S/C13H17F3N2S/c14-13(15,16)11-5-7-18(8-6-11)19-12-4-2-1-3-10(12)9-17/h1-4,11H,5-9,17H2. The number of alkyl halides is 3. The van der Waals surface area contributed by atoms with E-state index in [4.69, 9.17) is 5.73 Å².